The Hall–Kier alpha value is -2.55. The molecule has 2 rings (SSSR count). The van der Waals surface area contributed by atoms with Gasteiger partial charge in [0.05, 0.1) is 0 Å². The van der Waals surface area contributed by atoms with E-state index in [-0.39, 0.29) is 11.7 Å². The van der Waals surface area contributed by atoms with Gasteiger partial charge in [0, 0.05) is 20.0 Å². The molecule has 1 amide bonds. The Kier molecular flexibility index (Phi) is 5.78. The number of phenols is 1. The molecule has 0 saturated heterocycles. The molecule has 0 spiro atoms. The van der Waals surface area contributed by atoms with Crippen LogP contribution >= 0.6 is 0 Å². The van der Waals surface area contributed by atoms with Gasteiger partial charge in [0.15, 0.2) is 0 Å². The van der Waals surface area contributed by atoms with Gasteiger partial charge in [0.1, 0.15) is 5.75 Å². The number of carbonyl (C=O) groups excluding carboxylic acids is 1. The quantitative estimate of drug-likeness (QED) is 0.879. The van der Waals surface area contributed by atoms with Crippen molar-refractivity contribution in [3.8, 4) is 5.75 Å². The molecule has 2 aromatic rings. The molecule has 3 heteroatoms. The van der Waals surface area contributed by atoms with Crippen LogP contribution in [0.3, 0.4) is 0 Å². The highest BCUT2D eigenvalue weighted by Gasteiger charge is 2.08. The van der Waals surface area contributed by atoms with Crippen molar-refractivity contribution >= 4 is 12.0 Å². The number of hydrogen-bond acceptors (Lipinski definition) is 2. The molecule has 3 nitrogen and oxygen atoms in total. The highest BCUT2D eigenvalue weighted by Crippen LogP contribution is 2.13. The summed E-state index contributed by atoms with van der Waals surface area (Å²) in [5.74, 6) is 0.324. The van der Waals surface area contributed by atoms with Gasteiger partial charge in [0.2, 0.25) is 5.91 Å². The van der Waals surface area contributed by atoms with E-state index in [1.54, 1.807) is 30.1 Å². The third kappa shape index (κ3) is 5.09. The molecular formula is C19H21NO2. The van der Waals surface area contributed by atoms with E-state index in [0.717, 1.165) is 17.5 Å². The first-order valence-corrected chi connectivity index (χ1v) is 7.38. The highest BCUT2D eigenvalue weighted by atomic mass is 16.3. The summed E-state index contributed by atoms with van der Waals surface area (Å²) < 4.78 is 0. The smallest absolute Gasteiger partial charge is 0.222 e. The number of allylic oxidation sites excluding steroid dienone is 1. The second-order valence-electron chi connectivity index (χ2n) is 5.27. The van der Waals surface area contributed by atoms with Crippen molar-refractivity contribution < 1.29 is 9.90 Å². The largest absolute Gasteiger partial charge is 0.508 e. The summed E-state index contributed by atoms with van der Waals surface area (Å²) in [7, 11) is 1.79. The zero-order chi connectivity index (χ0) is 15.8. The topological polar surface area (TPSA) is 40.5 Å². The monoisotopic (exact) mass is 295 g/mol. The predicted molar refractivity (Wildman–Crippen MR) is 89.3 cm³/mol. The summed E-state index contributed by atoms with van der Waals surface area (Å²) in [6, 6.07) is 17.0. The number of nitrogens with zero attached hydrogens (tertiary/aromatic N) is 1. The van der Waals surface area contributed by atoms with E-state index in [9.17, 15) is 9.90 Å². The Morgan fingerprint density at radius 2 is 1.91 bits per heavy atom. The Morgan fingerprint density at radius 1 is 1.14 bits per heavy atom. The van der Waals surface area contributed by atoms with Crippen molar-refractivity contribution in [1.82, 2.24) is 4.90 Å². The van der Waals surface area contributed by atoms with E-state index in [2.05, 4.69) is 0 Å². The normalized spacial score (nSPS) is 10.8. The van der Waals surface area contributed by atoms with Crippen LogP contribution in [0.4, 0.5) is 0 Å². The average molecular weight is 295 g/mol. The molecule has 22 heavy (non-hydrogen) atoms. The van der Waals surface area contributed by atoms with Gasteiger partial charge in [-0.1, -0.05) is 54.6 Å². The van der Waals surface area contributed by atoms with E-state index in [0.29, 0.717) is 13.0 Å². The molecule has 0 aliphatic carbocycles. The van der Waals surface area contributed by atoms with Crippen LogP contribution in [-0.4, -0.2) is 23.0 Å². The van der Waals surface area contributed by atoms with Gasteiger partial charge in [-0.3, -0.25) is 4.79 Å². The molecule has 1 N–H and O–H groups in total. The third-order valence-electron chi connectivity index (χ3n) is 3.39. The fraction of sp³-hybridized carbons (Fsp3) is 0.211. The van der Waals surface area contributed by atoms with Crippen molar-refractivity contribution in [2.75, 3.05) is 7.05 Å². The van der Waals surface area contributed by atoms with Crippen LogP contribution in [-0.2, 0) is 11.3 Å². The number of rotatable bonds is 6. The number of carbonyl (C=O) groups is 1. The molecule has 0 aromatic heterocycles. The number of benzene rings is 2. The fourth-order valence-electron chi connectivity index (χ4n) is 2.20. The minimum Gasteiger partial charge on any atom is -0.508 e. The molecule has 2 aromatic carbocycles. The van der Waals surface area contributed by atoms with Crippen molar-refractivity contribution in [3.05, 3.63) is 71.8 Å². The van der Waals surface area contributed by atoms with Gasteiger partial charge in [-0.15, -0.1) is 0 Å². The van der Waals surface area contributed by atoms with Crippen LogP contribution in [0.5, 0.6) is 5.75 Å². The summed E-state index contributed by atoms with van der Waals surface area (Å²) in [5, 5.41) is 9.43. The zero-order valence-electron chi connectivity index (χ0n) is 12.8. The molecule has 0 fully saturated rings. The SMILES string of the molecule is CN(Cc1cccc(O)c1)C(=O)CC/C=C\c1ccccc1. The van der Waals surface area contributed by atoms with Crippen LogP contribution in [0.15, 0.2) is 60.7 Å². The highest BCUT2D eigenvalue weighted by molar-refractivity contribution is 5.76. The summed E-state index contributed by atoms with van der Waals surface area (Å²) in [6.07, 6.45) is 5.26. The van der Waals surface area contributed by atoms with Crippen molar-refractivity contribution in [2.24, 2.45) is 0 Å². The number of hydrogen-bond donors (Lipinski definition) is 1. The average Bonchev–Trinajstić information content (AvgIpc) is 2.52. The lowest BCUT2D eigenvalue weighted by molar-refractivity contribution is -0.130. The van der Waals surface area contributed by atoms with Gasteiger partial charge in [-0.05, 0) is 29.7 Å². The van der Waals surface area contributed by atoms with Crippen molar-refractivity contribution in [3.63, 3.8) is 0 Å². The van der Waals surface area contributed by atoms with Crippen molar-refractivity contribution in [1.29, 1.82) is 0 Å². The van der Waals surface area contributed by atoms with Gasteiger partial charge in [-0.2, -0.15) is 0 Å². The minimum atomic E-state index is 0.0982. The number of aromatic hydroxyl groups is 1. The number of phenolic OH excluding ortho intramolecular Hbond substituents is 1. The molecule has 0 bridgehead atoms. The van der Waals surface area contributed by atoms with E-state index in [4.69, 9.17) is 0 Å². The Morgan fingerprint density at radius 3 is 2.64 bits per heavy atom. The van der Waals surface area contributed by atoms with Gasteiger partial charge >= 0.3 is 0 Å². The summed E-state index contributed by atoms with van der Waals surface area (Å²) >= 11 is 0. The second kappa shape index (κ2) is 8.03. The van der Waals surface area contributed by atoms with E-state index in [1.807, 2.05) is 48.6 Å². The molecular weight excluding hydrogens is 274 g/mol. The van der Waals surface area contributed by atoms with E-state index in [1.165, 1.54) is 0 Å². The van der Waals surface area contributed by atoms with Crippen LogP contribution in [0.2, 0.25) is 0 Å². The summed E-state index contributed by atoms with van der Waals surface area (Å²) in [6.45, 7) is 0.510. The van der Waals surface area contributed by atoms with E-state index < -0.39 is 0 Å². The number of amides is 1. The van der Waals surface area contributed by atoms with Gasteiger partial charge < -0.3 is 10.0 Å². The lowest BCUT2D eigenvalue weighted by Crippen LogP contribution is -2.25. The lowest BCUT2D eigenvalue weighted by Gasteiger charge is -2.17. The first kappa shape index (κ1) is 15.8. The molecule has 0 heterocycles. The predicted octanol–water partition coefficient (Wildman–Crippen LogP) is 3.84. The van der Waals surface area contributed by atoms with Crippen LogP contribution in [0, 0.1) is 0 Å². The van der Waals surface area contributed by atoms with Gasteiger partial charge in [-0.25, -0.2) is 0 Å². The molecule has 0 radical (unpaired) electrons. The molecule has 0 atom stereocenters. The molecule has 0 saturated carbocycles. The maximum Gasteiger partial charge on any atom is 0.222 e. The van der Waals surface area contributed by atoms with Crippen LogP contribution in [0.1, 0.15) is 24.0 Å². The third-order valence-corrected chi connectivity index (χ3v) is 3.39. The first-order valence-electron chi connectivity index (χ1n) is 7.38. The standard InChI is InChI=1S/C19H21NO2/c1-20(15-17-11-7-12-18(21)14-17)19(22)13-6-5-10-16-8-3-2-4-9-16/h2-5,7-12,14,21H,6,13,15H2,1H3/b10-5-. The summed E-state index contributed by atoms with van der Waals surface area (Å²) in [4.78, 5) is 13.8. The fourth-order valence-corrected chi connectivity index (χ4v) is 2.20. The molecule has 0 aliphatic heterocycles. The van der Waals surface area contributed by atoms with E-state index >= 15 is 0 Å². The molecule has 0 aliphatic rings. The molecule has 0 unspecified atom stereocenters. The Balaban J connectivity index is 1.78. The van der Waals surface area contributed by atoms with Crippen molar-refractivity contribution in [2.45, 2.75) is 19.4 Å². The Labute approximate surface area is 131 Å². The van der Waals surface area contributed by atoms with Crippen LogP contribution in [0.25, 0.3) is 6.08 Å². The lowest BCUT2D eigenvalue weighted by atomic mass is 10.1. The first-order chi connectivity index (χ1) is 10.6. The van der Waals surface area contributed by atoms with Crippen LogP contribution < -0.4 is 0 Å². The second-order valence-corrected chi connectivity index (χ2v) is 5.27. The molecule has 114 valence electrons. The Bertz CT molecular complexity index is 635. The zero-order valence-corrected chi connectivity index (χ0v) is 12.8. The minimum absolute atomic E-state index is 0.0982. The maximum atomic E-state index is 12.1. The van der Waals surface area contributed by atoms with Gasteiger partial charge in [0.25, 0.3) is 0 Å². The maximum absolute atomic E-state index is 12.1. The summed E-state index contributed by atoms with van der Waals surface area (Å²) in [5.41, 5.74) is 2.07.